The average Bonchev–Trinajstić information content (AvgIpc) is 2.26. The van der Waals surface area contributed by atoms with E-state index in [1.165, 1.54) is 7.05 Å². The van der Waals surface area contributed by atoms with Gasteiger partial charge in [-0.2, -0.15) is 13.2 Å². The Morgan fingerprint density at radius 2 is 1.94 bits per heavy atom. The van der Waals surface area contributed by atoms with Gasteiger partial charge in [-0.15, -0.1) is 0 Å². The maximum absolute atomic E-state index is 12.7. The number of likely N-dealkylation sites (N-methyl/N-ethyl adjacent to an activating group) is 1. The third kappa shape index (κ3) is 3.58. The molecule has 0 aliphatic heterocycles. The van der Waals surface area contributed by atoms with E-state index < -0.39 is 29.5 Å². The SMILES string of the molecule is CNCC(O)C(O)c1cc(Cl)ccc1C(F)(F)F. The van der Waals surface area contributed by atoms with Crippen molar-refractivity contribution in [2.24, 2.45) is 0 Å². The molecular formula is C11H13ClF3NO2. The zero-order valence-electron chi connectivity index (χ0n) is 9.50. The maximum atomic E-state index is 12.7. The summed E-state index contributed by atoms with van der Waals surface area (Å²) < 4.78 is 38.2. The van der Waals surface area contributed by atoms with Crippen LogP contribution in [0, 0.1) is 0 Å². The first-order chi connectivity index (χ1) is 8.27. The summed E-state index contributed by atoms with van der Waals surface area (Å²) in [5.74, 6) is 0. The van der Waals surface area contributed by atoms with Gasteiger partial charge in [0.2, 0.25) is 0 Å². The second-order valence-corrected chi connectivity index (χ2v) is 4.24. The predicted molar refractivity (Wildman–Crippen MR) is 61.3 cm³/mol. The van der Waals surface area contributed by atoms with Crippen molar-refractivity contribution in [3.05, 3.63) is 34.3 Å². The van der Waals surface area contributed by atoms with E-state index in [4.69, 9.17) is 11.6 Å². The number of aliphatic hydroxyl groups is 2. The summed E-state index contributed by atoms with van der Waals surface area (Å²) in [6, 6.07) is 2.88. The van der Waals surface area contributed by atoms with Crippen LogP contribution in [0.3, 0.4) is 0 Å². The standard InChI is InChI=1S/C11H13ClF3NO2/c1-16-5-9(17)10(18)7-4-6(12)2-3-8(7)11(13,14)15/h2-4,9-10,16-18H,5H2,1H3. The highest BCUT2D eigenvalue weighted by atomic mass is 35.5. The summed E-state index contributed by atoms with van der Waals surface area (Å²) in [7, 11) is 1.51. The Kier molecular flexibility index (Phi) is 4.98. The predicted octanol–water partition coefficient (Wildman–Crippen LogP) is 1.97. The van der Waals surface area contributed by atoms with Gasteiger partial charge < -0.3 is 15.5 Å². The minimum Gasteiger partial charge on any atom is -0.389 e. The molecule has 2 unspecified atom stereocenters. The van der Waals surface area contributed by atoms with Gasteiger partial charge in [-0.3, -0.25) is 0 Å². The van der Waals surface area contributed by atoms with E-state index >= 15 is 0 Å². The van der Waals surface area contributed by atoms with Gasteiger partial charge in [0.05, 0.1) is 11.7 Å². The molecule has 3 nitrogen and oxygen atoms in total. The van der Waals surface area contributed by atoms with Gasteiger partial charge in [-0.05, 0) is 30.8 Å². The van der Waals surface area contributed by atoms with Crippen LogP contribution in [0.4, 0.5) is 13.2 Å². The van der Waals surface area contributed by atoms with Crippen molar-refractivity contribution in [2.45, 2.75) is 18.4 Å². The number of halogens is 4. The quantitative estimate of drug-likeness (QED) is 0.792. The van der Waals surface area contributed by atoms with Crippen LogP contribution in [0.5, 0.6) is 0 Å². The zero-order valence-corrected chi connectivity index (χ0v) is 10.3. The number of benzene rings is 1. The lowest BCUT2D eigenvalue weighted by Crippen LogP contribution is -2.30. The molecule has 0 aliphatic carbocycles. The third-order valence-corrected chi connectivity index (χ3v) is 2.65. The molecule has 18 heavy (non-hydrogen) atoms. The van der Waals surface area contributed by atoms with Crippen molar-refractivity contribution in [3.8, 4) is 0 Å². The zero-order chi connectivity index (χ0) is 13.9. The molecule has 0 radical (unpaired) electrons. The Morgan fingerprint density at radius 1 is 1.33 bits per heavy atom. The molecule has 1 rings (SSSR count). The first-order valence-electron chi connectivity index (χ1n) is 5.14. The van der Waals surface area contributed by atoms with Crippen LogP contribution in [-0.2, 0) is 6.18 Å². The summed E-state index contributed by atoms with van der Waals surface area (Å²) in [6.07, 6.45) is -7.62. The lowest BCUT2D eigenvalue weighted by molar-refractivity contribution is -0.139. The molecule has 0 spiro atoms. The van der Waals surface area contributed by atoms with Crippen LogP contribution >= 0.6 is 11.6 Å². The lowest BCUT2D eigenvalue weighted by Gasteiger charge is -2.22. The van der Waals surface area contributed by atoms with Gasteiger partial charge in [0.15, 0.2) is 0 Å². The van der Waals surface area contributed by atoms with Crippen molar-refractivity contribution in [2.75, 3.05) is 13.6 Å². The van der Waals surface area contributed by atoms with Crippen molar-refractivity contribution in [1.29, 1.82) is 0 Å². The Bertz CT molecular complexity index is 412. The van der Waals surface area contributed by atoms with Gasteiger partial charge in [0.1, 0.15) is 6.10 Å². The largest absolute Gasteiger partial charge is 0.416 e. The van der Waals surface area contributed by atoms with Crippen molar-refractivity contribution in [1.82, 2.24) is 5.32 Å². The molecule has 0 amide bonds. The second-order valence-electron chi connectivity index (χ2n) is 3.80. The average molecular weight is 284 g/mol. The molecule has 0 heterocycles. The highest BCUT2D eigenvalue weighted by Gasteiger charge is 2.36. The van der Waals surface area contributed by atoms with Crippen LogP contribution in [0.2, 0.25) is 5.02 Å². The summed E-state index contributed by atoms with van der Waals surface area (Å²) in [6.45, 7) is -0.0367. The van der Waals surface area contributed by atoms with Crippen LogP contribution in [0.25, 0.3) is 0 Å². The molecule has 0 aromatic heterocycles. The fraction of sp³-hybridized carbons (Fsp3) is 0.455. The highest BCUT2D eigenvalue weighted by molar-refractivity contribution is 6.30. The van der Waals surface area contributed by atoms with E-state index in [1.54, 1.807) is 0 Å². The van der Waals surface area contributed by atoms with Crippen LogP contribution in [-0.4, -0.2) is 29.9 Å². The normalized spacial score (nSPS) is 15.5. The molecule has 0 saturated heterocycles. The Balaban J connectivity index is 3.17. The molecule has 0 fully saturated rings. The number of rotatable bonds is 4. The molecule has 0 saturated carbocycles. The summed E-state index contributed by atoms with van der Waals surface area (Å²) in [5.41, 5.74) is -1.44. The van der Waals surface area contributed by atoms with E-state index in [0.29, 0.717) is 0 Å². The number of hydrogen-bond donors (Lipinski definition) is 3. The van der Waals surface area contributed by atoms with Crippen molar-refractivity contribution < 1.29 is 23.4 Å². The molecular weight excluding hydrogens is 271 g/mol. The number of aliphatic hydroxyl groups excluding tert-OH is 2. The second kappa shape index (κ2) is 5.88. The third-order valence-electron chi connectivity index (χ3n) is 2.42. The van der Waals surface area contributed by atoms with E-state index in [0.717, 1.165) is 18.2 Å². The minimum atomic E-state index is -4.61. The number of alkyl halides is 3. The van der Waals surface area contributed by atoms with Gasteiger partial charge >= 0.3 is 6.18 Å². The van der Waals surface area contributed by atoms with Gasteiger partial charge in [-0.25, -0.2) is 0 Å². The molecule has 1 aromatic rings. The summed E-state index contributed by atoms with van der Waals surface area (Å²) >= 11 is 5.62. The summed E-state index contributed by atoms with van der Waals surface area (Å²) in [5, 5.41) is 21.9. The Morgan fingerprint density at radius 3 is 2.44 bits per heavy atom. The Labute approximate surface area is 107 Å². The van der Waals surface area contributed by atoms with E-state index in [2.05, 4.69) is 5.32 Å². The van der Waals surface area contributed by atoms with E-state index in [9.17, 15) is 23.4 Å². The fourth-order valence-corrected chi connectivity index (χ4v) is 1.75. The first kappa shape index (κ1) is 15.2. The molecule has 2 atom stereocenters. The van der Waals surface area contributed by atoms with Crippen LogP contribution in [0.1, 0.15) is 17.2 Å². The molecule has 7 heteroatoms. The number of hydrogen-bond acceptors (Lipinski definition) is 3. The van der Waals surface area contributed by atoms with Gasteiger partial charge in [0.25, 0.3) is 0 Å². The van der Waals surface area contributed by atoms with E-state index in [1.807, 2.05) is 0 Å². The Hall–Kier alpha value is -0.820. The van der Waals surface area contributed by atoms with Crippen LogP contribution in [0.15, 0.2) is 18.2 Å². The van der Waals surface area contributed by atoms with Gasteiger partial charge in [0, 0.05) is 11.6 Å². The molecule has 0 bridgehead atoms. The molecule has 102 valence electrons. The fourth-order valence-electron chi connectivity index (χ4n) is 1.56. The molecule has 0 aliphatic rings. The number of nitrogens with one attached hydrogen (secondary N) is 1. The monoisotopic (exact) mass is 283 g/mol. The molecule has 3 N–H and O–H groups in total. The lowest BCUT2D eigenvalue weighted by atomic mass is 9.98. The summed E-state index contributed by atoms with van der Waals surface area (Å²) in [4.78, 5) is 0. The first-order valence-corrected chi connectivity index (χ1v) is 5.52. The van der Waals surface area contributed by atoms with Crippen LogP contribution < -0.4 is 5.32 Å². The van der Waals surface area contributed by atoms with E-state index in [-0.39, 0.29) is 11.6 Å². The minimum absolute atomic E-state index is 0.0367. The topological polar surface area (TPSA) is 52.5 Å². The smallest absolute Gasteiger partial charge is 0.389 e. The van der Waals surface area contributed by atoms with Gasteiger partial charge in [-0.1, -0.05) is 11.6 Å². The molecule has 1 aromatic carbocycles. The van der Waals surface area contributed by atoms with Crippen molar-refractivity contribution in [3.63, 3.8) is 0 Å². The highest BCUT2D eigenvalue weighted by Crippen LogP contribution is 2.36. The maximum Gasteiger partial charge on any atom is 0.416 e. The van der Waals surface area contributed by atoms with Crippen molar-refractivity contribution >= 4 is 11.6 Å².